The van der Waals surface area contributed by atoms with E-state index in [1.165, 1.54) is 0 Å². The van der Waals surface area contributed by atoms with Gasteiger partial charge in [-0.15, -0.1) is 0 Å². The van der Waals surface area contributed by atoms with Crippen LogP contribution in [0.3, 0.4) is 0 Å². The maximum atomic E-state index is 12.4. The number of allylic oxidation sites excluding steroid dienone is 1. The number of pyridine rings is 1. The van der Waals surface area contributed by atoms with Gasteiger partial charge < -0.3 is 31.4 Å². The van der Waals surface area contributed by atoms with Crippen LogP contribution in [0.1, 0.15) is 68.1 Å². The van der Waals surface area contributed by atoms with Crippen molar-refractivity contribution in [2.24, 2.45) is 0 Å². The molecule has 5 N–H and O–H groups in total. The third-order valence-corrected chi connectivity index (χ3v) is 5.81. The Bertz CT molecular complexity index is 941. The van der Waals surface area contributed by atoms with Crippen LogP contribution < -0.4 is 21.3 Å². The SMILES string of the molecule is CN/C=C(\C=N)c1nc(NC2CCCCC2NC(=O)OC(C)(C)C)c(Cl)c2c1C(=O)NC2. The maximum Gasteiger partial charge on any atom is 0.407 e. The Morgan fingerprint density at radius 1 is 1.28 bits per heavy atom. The molecule has 1 aromatic rings. The number of nitrogens with one attached hydrogen (secondary N) is 5. The first-order valence-corrected chi connectivity index (χ1v) is 11.2. The first kappa shape index (κ1) is 23.8. The lowest BCUT2D eigenvalue weighted by atomic mass is 9.90. The molecule has 2 unspecified atom stereocenters. The van der Waals surface area contributed by atoms with Gasteiger partial charge in [-0.05, 0) is 33.6 Å². The highest BCUT2D eigenvalue weighted by atomic mass is 35.5. The second kappa shape index (κ2) is 9.77. The van der Waals surface area contributed by atoms with Crippen LogP contribution in [0.5, 0.6) is 0 Å². The number of halogens is 1. The van der Waals surface area contributed by atoms with Gasteiger partial charge >= 0.3 is 6.09 Å². The van der Waals surface area contributed by atoms with Gasteiger partial charge in [0.25, 0.3) is 5.91 Å². The second-order valence-electron chi connectivity index (χ2n) is 8.98. The summed E-state index contributed by atoms with van der Waals surface area (Å²) in [6.45, 7) is 5.78. The quantitative estimate of drug-likeness (QED) is 0.412. The molecule has 9 nitrogen and oxygen atoms in total. The summed E-state index contributed by atoms with van der Waals surface area (Å²) in [5.74, 6) is 0.172. The minimum Gasteiger partial charge on any atom is -0.444 e. The molecule has 0 saturated heterocycles. The van der Waals surface area contributed by atoms with E-state index in [0.29, 0.717) is 39.8 Å². The average molecular weight is 463 g/mol. The number of fused-ring (bicyclic) bond motifs is 1. The van der Waals surface area contributed by atoms with E-state index in [-0.39, 0.29) is 18.0 Å². The molecule has 1 saturated carbocycles. The Hall–Kier alpha value is -2.81. The number of hydrogen-bond donors (Lipinski definition) is 5. The summed E-state index contributed by atoms with van der Waals surface area (Å²) < 4.78 is 5.42. The predicted molar refractivity (Wildman–Crippen MR) is 125 cm³/mol. The topological polar surface area (TPSA) is 128 Å². The summed E-state index contributed by atoms with van der Waals surface area (Å²) in [4.78, 5) is 29.4. The van der Waals surface area contributed by atoms with Gasteiger partial charge in [-0.1, -0.05) is 24.4 Å². The summed E-state index contributed by atoms with van der Waals surface area (Å²) in [7, 11) is 1.72. The van der Waals surface area contributed by atoms with Gasteiger partial charge in [0.2, 0.25) is 0 Å². The number of aromatic nitrogens is 1. The Balaban J connectivity index is 1.91. The van der Waals surface area contributed by atoms with Gasteiger partial charge in [-0.2, -0.15) is 0 Å². The van der Waals surface area contributed by atoms with Crippen molar-refractivity contribution in [1.82, 2.24) is 20.9 Å². The molecular weight excluding hydrogens is 432 g/mol. The van der Waals surface area contributed by atoms with Gasteiger partial charge in [-0.3, -0.25) is 4.79 Å². The molecule has 1 aromatic heterocycles. The molecule has 0 spiro atoms. The Labute approximate surface area is 193 Å². The molecule has 0 bridgehead atoms. The largest absolute Gasteiger partial charge is 0.444 e. The number of anilines is 1. The molecule has 32 heavy (non-hydrogen) atoms. The number of amides is 2. The van der Waals surface area contributed by atoms with E-state index >= 15 is 0 Å². The van der Waals surface area contributed by atoms with Crippen LogP contribution in [0.15, 0.2) is 6.20 Å². The molecule has 2 heterocycles. The van der Waals surface area contributed by atoms with E-state index < -0.39 is 11.7 Å². The van der Waals surface area contributed by atoms with Crippen molar-refractivity contribution in [3.05, 3.63) is 28.0 Å². The highest BCUT2D eigenvalue weighted by molar-refractivity contribution is 6.34. The fraction of sp³-hybridized carbons (Fsp3) is 0.545. The van der Waals surface area contributed by atoms with Crippen molar-refractivity contribution < 1.29 is 14.3 Å². The molecule has 1 fully saturated rings. The molecule has 174 valence electrons. The van der Waals surface area contributed by atoms with Crippen LogP contribution in [0.2, 0.25) is 5.02 Å². The number of carbonyl (C=O) groups is 2. The molecule has 10 heteroatoms. The summed E-state index contributed by atoms with van der Waals surface area (Å²) >= 11 is 6.65. The highest BCUT2D eigenvalue weighted by Gasteiger charge is 2.33. The zero-order chi connectivity index (χ0) is 23.5. The molecule has 2 atom stereocenters. The molecule has 3 rings (SSSR count). The Kier molecular flexibility index (Phi) is 7.28. The number of alkyl carbamates (subject to hydrolysis) is 1. The lowest BCUT2D eigenvalue weighted by molar-refractivity contribution is 0.0488. The average Bonchev–Trinajstić information content (AvgIpc) is 3.10. The van der Waals surface area contributed by atoms with Gasteiger partial charge in [0.15, 0.2) is 0 Å². The number of hydrogen-bond acceptors (Lipinski definition) is 7. The zero-order valence-corrected chi connectivity index (χ0v) is 19.7. The number of ether oxygens (including phenoxy) is 1. The number of rotatable bonds is 6. The van der Waals surface area contributed by atoms with Gasteiger partial charge in [0.05, 0.1) is 22.3 Å². The summed E-state index contributed by atoms with van der Waals surface area (Å²) in [6, 6.07) is -0.253. The molecular formula is C22H31ClN6O3. The van der Waals surface area contributed by atoms with Crippen LogP contribution in [-0.2, 0) is 11.3 Å². The van der Waals surface area contributed by atoms with Gasteiger partial charge in [0.1, 0.15) is 11.4 Å². The van der Waals surface area contributed by atoms with Crippen LogP contribution in [0.4, 0.5) is 10.6 Å². The Morgan fingerprint density at radius 2 is 1.97 bits per heavy atom. The van der Waals surface area contributed by atoms with E-state index in [4.69, 9.17) is 21.7 Å². The molecule has 2 amide bonds. The fourth-order valence-electron chi connectivity index (χ4n) is 4.03. The van der Waals surface area contributed by atoms with E-state index in [1.807, 2.05) is 20.8 Å². The molecule has 0 radical (unpaired) electrons. The van der Waals surface area contributed by atoms with Crippen LogP contribution in [0.25, 0.3) is 5.57 Å². The van der Waals surface area contributed by atoms with Crippen LogP contribution in [0, 0.1) is 5.41 Å². The van der Waals surface area contributed by atoms with Gasteiger partial charge in [-0.25, -0.2) is 9.78 Å². The van der Waals surface area contributed by atoms with Gasteiger partial charge in [0, 0.05) is 43.2 Å². The van der Waals surface area contributed by atoms with Crippen molar-refractivity contribution >= 4 is 41.2 Å². The minimum absolute atomic E-state index is 0.103. The molecule has 0 aromatic carbocycles. The summed E-state index contributed by atoms with van der Waals surface area (Å²) in [5.41, 5.74) is 1.31. The third kappa shape index (κ3) is 5.32. The predicted octanol–water partition coefficient (Wildman–Crippen LogP) is 3.44. The highest BCUT2D eigenvalue weighted by Crippen LogP contribution is 2.35. The number of carbonyl (C=O) groups excluding carboxylic acids is 2. The lowest BCUT2D eigenvalue weighted by Gasteiger charge is -2.34. The van der Waals surface area contributed by atoms with Crippen molar-refractivity contribution in [3.8, 4) is 0 Å². The molecule has 2 aliphatic rings. The minimum atomic E-state index is -0.580. The second-order valence-corrected chi connectivity index (χ2v) is 9.36. The third-order valence-electron chi connectivity index (χ3n) is 5.41. The van der Waals surface area contributed by atoms with E-state index in [2.05, 4.69) is 26.3 Å². The van der Waals surface area contributed by atoms with Crippen LogP contribution >= 0.6 is 11.6 Å². The van der Waals surface area contributed by atoms with Crippen molar-refractivity contribution in [2.45, 2.75) is 70.7 Å². The van der Waals surface area contributed by atoms with Crippen molar-refractivity contribution in [1.29, 1.82) is 5.41 Å². The lowest BCUT2D eigenvalue weighted by Crippen LogP contribution is -2.50. The standard InChI is InChI=1S/C22H31ClN6O3/c1-22(2,3)32-21(31)28-15-8-6-5-7-14(15)27-19-17(23)13-11-26-20(30)16(13)18(29-19)12(9-24)10-25-4/h9-10,14-15,24-25H,5-8,11H2,1-4H3,(H,26,30)(H,27,29)(H,28,31)/b12-10+,24-9?. The van der Waals surface area contributed by atoms with E-state index in [9.17, 15) is 9.59 Å². The zero-order valence-electron chi connectivity index (χ0n) is 18.9. The van der Waals surface area contributed by atoms with Crippen molar-refractivity contribution in [2.75, 3.05) is 12.4 Å². The van der Waals surface area contributed by atoms with Crippen molar-refractivity contribution in [3.63, 3.8) is 0 Å². The monoisotopic (exact) mass is 462 g/mol. The number of nitrogens with zero attached hydrogens (tertiary/aromatic N) is 1. The molecule has 1 aliphatic carbocycles. The first-order valence-electron chi connectivity index (χ1n) is 10.8. The normalized spacial score (nSPS) is 20.8. The maximum absolute atomic E-state index is 12.4. The fourth-order valence-corrected chi connectivity index (χ4v) is 4.29. The summed E-state index contributed by atoms with van der Waals surface area (Å²) in [6.07, 6.45) is 5.94. The smallest absolute Gasteiger partial charge is 0.407 e. The Morgan fingerprint density at radius 3 is 2.59 bits per heavy atom. The first-order chi connectivity index (χ1) is 15.1. The van der Waals surface area contributed by atoms with Crippen LogP contribution in [-0.4, -0.2) is 47.9 Å². The summed E-state index contributed by atoms with van der Waals surface area (Å²) in [5, 5.41) is 20.2. The van der Waals surface area contributed by atoms with E-state index in [1.54, 1.807) is 13.2 Å². The van der Waals surface area contributed by atoms with E-state index in [0.717, 1.165) is 31.9 Å². The molecule has 1 aliphatic heterocycles.